The summed E-state index contributed by atoms with van der Waals surface area (Å²) in [4.78, 5) is 30.3. The number of amidine groups is 1. The highest BCUT2D eigenvalue weighted by Crippen LogP contribution is 2.22. The van der Waals surface area contributed by atoms with E-state index >= 15 is 0 Å². The molecule has 0 aliphatic rings. The van der Waals surface area contributed by atoms with Gasteiger partial charge in [0.25, 0.3) is 11.4 Å². The van der Waals surface area contributed by atoms with Crippen molar-refractivity contribution in [3.8, 4) is 5.75 Å². The van der Waals surface area contributed by atoms with Crippen molar-refractivity contribution in [1.29, 1.82) is 5.41 Å². The van der Waals surface area contributed by atoms with Crippen LogP contribution in [-0.2, 0) is 0 Å². The molecule has 0 spiro atoms. The third-order valence-electron chi connectivity index (χ3n) is 2.64. The monoisotopic (exact) mass is 380 g/mol. The average molecular weight is 380 g/mol. The quantitative estimate of drug-likeness (QED) is 0.203. The van der Waals surface area contributed by atoms with E-state index in [0.717, 1.165) is 28.8 Å². The number of nitrogens with two attached hydrogens (primary N) is 1. The lowest BCUT2D eigenvalue weighted by Crippen LogP contribution is -2.02. The molecular formula is C14H12N4O7S. The van der Waals surface area contributed by atoms with Gasteiger partial charge >= 0.3 is 5.97 Å². The van der Waals surface area contributed by atoms with Gasteiger partial charge in [0.15, 0.2) is 5.17 Å². The van der Waals surface area contributed by atoms with Gasteiger partial charge < -0.3 is 15.9 Å². The van der Waals surface area contributed by atoms with Crippen molar-refractivity contribution in [2.24, 2.45) is 5.73 Å². The SMILES string of the molecule is N=C(N)Sc1ccc(O)cc1.O=C(O)c1cc([N+](=O)[O-])cc([N+](=O)[O-])c1. The molecule has 0 heterocycles. The van der Waals surface area contributed by atoms with E-state index in [1.165, 1.54) is 0 Å². The first-order valence-corrected chi connectivity index (χ1v) is 7.40. The third-order valence-corrected chi connectivity index (χ3v) is 3.36. The molecule has 0 aliphatic carbocycles. The minimum atomic E-state index is -1.46. The summed E-state index contributed by atoms with van der Waals surface area (Å²) in [5.41, 5.74) is 3.41. The van der Waals surface area contributed by atoms with E-state index in [2.05, 4.69) is 0 Å². The van der Waals surface area contributed by atoms with Crippen molar-refractivity contribution in [2.75, 3.05) is 0 Å². The Hall–Kier alpha value is -3.67. The van der Waals surface area contributed by atoms with Gasteiger partial charge in [0, 0.05) is 17.0 Å². The smallest absolute Gasteiger partial charge is 0.336 e. The lowest BCUT2D eigenvalue weighted by Gasteiger charge is -1.97. The van der Waals surface area contributed by atoms with E-state index < -0.39 is 32.8 Å². The highest BCUT2D eigenvalue weighted by Gasteiger charge is 2.19. The number of benzene rings is 2. The second kappa shape index (κ2) is 8.98. The molecule has 0 radical (unpaired) electrons. The average Bonchev–Trinajstić information content (AvgIpc) is 2.56. The van der Waals surface area contributed by atoms with E-state index in [0.29, 0.717) is 6.07 Å². The molecule has 0 bridgehead atoms. The van der Waals surface area contributed by atoms with Crippen molar-refractivity contribution in [3.05, 3.63) is 68.3 Å². The van der Waals surface area contributed by atoms with Gasteiger partial charge in [-0.25, -0.2) is 4.79 Å². The van der Waals surface area contributed by atoms with Crippen LogP contribution in [-0.4, -0.2) is 31.2 Å². The van der Waals surface area contributed by atoms with Gasteiger partial charge in [-0.05, 0) is 24.3 Å². The Morgan fingerprint density at radius 1 is 1.04 bits per heavy atom. The fraction of sp³-hybridized carbons (Fsp3) is 0. The van der Waals surface area contributed by atoms with Gasteiger partial charge in [0.1, 0.15) is 5.75 Å². The maximum absolute atomic E-state index is 10.5. The van der Waals surface area contributed by atoms with Crippen LogP contribution in [0.3, 0.4) is 0 Å². The number of hydrogen-bond acceptors (Lipinski definition) is 8. The Kier molecular flexibility index (Phi) is 7.04. The van der Waals surface area contributed by atoms with Crippen LogP contribution in [0.5, 0.6) is 5.75 Å². The highest BCUT2D eigenvalue weighted by molar-refractivity contribution is 8.13. The van der Waals surface area contributed by atoms with Gasteiger partial charge in [0.05, 0.1) is 21.5 Å². The number of carboxylic acids is 1. The fourth-order valence-electron chi connectivity index (χ4n) is 1.57. The second-order valence-electron chi connectivity index (χ2n) is 4.52. The molecule has 2 aromatic rings. The molecule has 12 heteroatoms. The highest BCUT2D eigenvalue weighted by atomic mass is 32.2. The van der Waals surface area contributed by atoms with Crippen LogP contribution in [0.15, 0.2) is 47.4 Å². The van der Waals surface area contributed by atoms with Crippen LogP contribution in [0.4, 0.5) is 11.4 Å². The zero-order valence-corrected chi connectivity index (χ0v) is 13.7. The summed E-state index contributed by atoms with van der Waals surface area (Å²) in [7, 11) is 0. The molecular weight excluding hydrogens is 368 g/mol. The second-order valence-corrected chi connectivity index (χ2v) is 5.63. The van der Waals surface area contributed by atoms with Crippen LogP contribution in [0.25, 0.3) is 0 Å². The number of non-ortho nitro benzene ring substituents is 2. The van der Waals surface area contributed by atoms with Crippen molar-refractivity contribution >= 4 is 34.3 Å². The summed E-state index contributed by atoms with van der Waals surface area (Å²) in [5, 5.41) is 45.1. The molecule has 2 aromatic carbocycles. The molecule has 0 fully saturated rings. The van der Waals surface area contributed by atoms with Gasteiger partial charge in [-0.1, -0.05) is 11.8 Å². The van der Waals surface area contributed by atoms with E-state index in [-0.39, 0.29) is 10.9 Å². The minimum Gasteiger partial charge on any atom is -0.508 e. The molecule has 26 heavy (non-hydrogen) atoms. The van der Waals surface area contributed by atoms with E-state index in [1.807, 2.05) is 0 Å². The Morgan fingerprint density at radius 2 is 1.50 bits per heavy atom. The first-order valence-electron chi connectivity index (χ1n) is 6.58. The molecule has 0 amide bonds. The van der Waals surface area contributed by atoms with Gasteiger partial charge in [-0.3, -0.25) is 25.6 Å². The number of nitro benzene ring substituents is 2. The number of carboxylic acid groups (broad SMARTS) is 1. The summed E-state index contributed by atoms with van der Waals surface area (Å²) < 4.78 is 0. The summed E-state index contributed by atoms with van der Waals surface area (Å²) >= 11 is 1.16. The molecule has 0 atom stereocenters. The number of thioether (sulfide) groups is 1. The Labute approximate surface area is 149 Å². The normalized spacial score (nSPS) is 9.54. The van der Waals surface area contributed by atoms with E-state index in [4.69, 9.17) is 21.4 Å². The number of rotatable bonds is 4. The number of nitro groups is 2. The molecule has 0 aromatic heterocycles. The first-order chi connectivity index (χ1) is 12.1. The van der Waals surface area contributed by atoms with Crippen molar-refractivity contribution in [1.82, 2.24) is 0 Å². The molecule has 0 saturated carbocycles. The molecule has 5 N–H and O–H groups in total. The zero-order chi connectivity index (χ0) is 19.9. The lowest BCUT2D eigenvalue weighted by atomic mass is 10.2. The van der Waals surface area contributed by atoms with Crippen LogP contribution >= 0.6 is 11.8 Å². The standard InChI is InChI=1S/C7H4N2O6.C7H8N2OS/c10-7(11)4-1-5(8(12)13)3-6(2-4)9(14)15;8-7(9)11-6-3-1-5(10)2-4-6/h1-3H,(H,10,11);1-4,10H,(H3,8,9). The Balaban J connectivity index is 0.000000273. The van der Waals surface area contributed by atoms with Crippen LogP contribution < -0.4 is 5.73 Å². The van der Waals surface area contributed by atoms with Crippen LogP contribution in [0, 0.1) is 25.6 Å². The third kappa shape index (κ3) is 6.45. The number of phenolic OH excluding ortho intramolecular Hbond substituents is 1. The molecule has 0 saturated heterocycles. The first kappa shape index (κ1) is 20.4. The number of aromatic carboxylic acids is 1. The number of hydrogen-bond donors (Lipinski definition) is 4. The number of phenols is 1. The van der Waals surface area contributed by atoms with Crippen molar-refractivity contribution in [2.45, 2.75) is 4.90 Å². The molecule has 2 rings (SSSR count). The van der Waals surface area contributed by atoms with Gasteiger partial charge in [-0.15, -0.1) is 0 Å². The summed E-state index contributed by atoms with van der Waals surface area (Å²) in [6, 6.07) is 8.76. The lowest BCUT2D eigenvalue weighted by molar-refractivity contribution is -0.394. The minimum absolute atomic E-state index is 0.0516. The number of carbonyl (C=O) groups is 1. The summed E-state index contributed by atoms with van der Waals surface area (Å²) in [6.07, 6.45) is 0. The molecule has 136 valence electrons. The molecule has 0 unspecified atom stereocenters. The largest absolute Gasteiger partial charge is 0.508 e. The predicted octanol–water partition coefficient (Wildman–Crippen LogP) is 2.58. The van der Waals surface area contributed by atoms with E-state index in [1.54, 1.807) is 24.3 Å². The van der Waals surface area contributed by atoms with Crippen LogP contribution in [0.1, 0.15) is 10.4 Å². The van der Waals surface area contributed by atoms with Crippen molar-refractivity contribution < 1.29 is 24.9 Å². The number of nitrogens with one attached hydrogen (secondary N) is 1. The topological polar surface area (TPSA) is 194 Å². The number of aromatic hydroxyl groups is 1. The maximum atomic E-state index is 10.5. The van der Waals surface area contributed by atoms with Crippen molar-refractivity contribution in [3.63, 3.8) is 0 Å². The Morgan fingerprint density at radius 3 is 1.85 bits per heavy atom. The van der Waals surface area contributed by atoms with Gasteiger partial charge in [0.2, 0.25) is 0 Å². The predicted molar refractivity (Wildman–Crippen MR) is 92.6 cm³/mol. The fourth-order valence-corrected chi connectivity index (χ4v) is 2.10. The van der Waals surface area contributed by atoms with E-state index in [9.17, 15) is 25.0 Å². The summed E-state index contributed by atoms with van der Waals surface area (Å²) in [6.45, 7) is 0. The maximum Gasteiger partial charge on any atom is 0.336 e. The summed E-state index contributed by atoms with van der Waals surface area (Å²) in [5.74, 6) is -1.24. The van der Waals surface area contributed by atoms with Crippen LogP contribution in [0.2, 0.25) is 0 Å². The zero-order valence-electron chi connectivity index (χ0n) is 12.9. The van der Waals surface area contributed by atoms with Gasteiger partial charge in [-0.2, -0.15) is 0 Å². The number of nitrogens with zero attached hydrogens (tertiary/aromatic N) is 2. The molecule has 11 nitrogen and oxygen atoms in total. The Bertz CT molecular complexity index is 776. The molecule has 0 aliphatic heterocycles.